The zero-order valence-electron chi connectivity index (χ0n) is 16.4. The van der Waals surface area contributed by atoms with E-state index < -0.39 is 0 Å². The number of hydrogen-bond donors (Lipinski definition) is 1. The first-order valence-electron chi connectivity index (χ1n) is 10.5. The van der Waals surface area contributed by atoms with Gasteiger partial charge >= 0.3 is 0 Å². The van der Waals surface area contributed by atoms with E-state index in [-0.39, 0.29) is 29.6 Å². The van der Waals surface area contributed by atoms with Crippen LogP contribution in [0.15, 0.2) is 0 Å². The lowest BCUT2D eigenvalue weighted by atomic mass is 9.50. The highest BCUT2D eigenvalue weighted by Crippen LogP contribution is 2.61. The van der Waals surface area contributed by atoms with Crippen LogP contribution in [0.4, 0.5) is 5.13 Å². The molecule has 7 nitrogen and oxygen atoms in total. The summed E-state index contributed by atoms with van der Waals surface area (Å²) in [5, 5.41) is 13.4. The quantitative estimate of drug-likeness (QED) is 0.787. The van der Waals surface area contributed by atoms with E-state index >= 15 is 0 Å². The number of aromatic nitrogens is 2. The maximum absolute atomic E-state index is 12.7. The Balaban J connectivity index is 1.24. The lowest BCUT2D eigenvalue weighted by molar-refractivity contribution is -0.128. The number of nitrogens with one attached hydrogen (secondary N) is 1. The van der Waals surface area contributed by atoms with Gasteiger partial charge in [-0.15, -0.1) is 10.2 Å². The van der Waals surface area contributed by atoms with Gasteiger partial charge in [-0.3, -0.25) is 9.59 Å². The molecule has 1 unspecified atom stereocenters. The van der Waals surface area contributed by atoms with Gasteiger partial charge in [0.15, 0.2) is 0 Å². The van der Waals surface area contributed by atoms with Crippen molar-refractivity contribution in [2.45, 2.75) is 50.4 Å². The molecule has 6 rings (SSSR count). The molecular weight excluding hydrogens is 376 g/mol. The molecule has 1 saturated heterocycles. The van der Waals surface area contributed by atoms with Gasteiger partial charge in [-0.1, -0.05) is 11.3 Å². The smallest absolute Gasteiger partial charge is 0.231 e. The van der Waals surface area contributed by atoms with Crippen molar-refractivity contribution in [2.24, 2.45) is 23.7 Å². The second-order valence-corrected chi connectivity index (χ2v) is 10.3. The molecule has 152 valence electrons. The van der Waals surface area contributed by atoms with Crippen molar-refractivity contribution in [3.8, 4) is 0 Å². The molecule has 2 heterocycles. The van der Waals surface area contributed by atoms with E-state index in [1.807, 2.05) is 0 Å². The Hall–Kier alpha value is -1.54. The van der Waals surface area contributed by atoms with Crippen LogP contribution in [0.25, 0.3) is 0 Å². The summed E-state index contributed by atoms with van der Waals surface area (Å²) >= 11 is 1.55. The van der Waals surface area contributed by atoms with E-state index in [1.54, 1.807) is 23.3 Å². The summed E-state index contributed by atoms with van der Waals surface area (Å²) in [7, 11) is 1.61. The first-order valence-corrected chi connectivity index (χ1v) is 11.3. The van der Waals surface area contributed by atoms with Crippen molar-refractivity contribution in [1.82, 2.24) is 15.1 Å². The average Bonchev–Trinajstić information content (AvgIpc) is 3.26. The molecule has 0 radical (unpaired) electrons. The molecule has 28 heavy (non-hydrogen) atoms. The summed E-state index contributed by atoms with van der Waals surface area (Å²) in [6.07, 6.45) is 8.19. The molecule has 1 atom stereocenters. The van der Waals surface area contributed by atoms with Crippen LogP contribution in [0.1, 0.15) is 50.0 Å². The van der Waals surface area contributed by atoms with Crippen LogP contribution in [-0.4, -0.2) is 53.7 Å². The predicted octanol–water partition coefficient (Wildman–Crippen LogP) is 2.44. The van der Waals surface area contributed by atoms with Crippen molar-refractivity contribution in [2.75, 3.05) is 32.1 Å². The zero-order chi connectivity index (χ0) is 19.3. The third-order valence-electron chi connectivity index (χ3n) is 7.30. The molecule has 1 aromatic rings. The van der Waals surface area contributed by atoms with Crippen LogP contribution < -0.4 is 5.32 Å². The Labute approximate surface area is 169 Å². The first-order chi connectivity index (χ1) is 13.5. The van der Waals surface area contributed by atoms with Gasteiger partial charge in [0.1, 0.15) is 5.01 Å². The fraction of sp³-hybridized carbons (Fsp3) is 0.800. The SMILES string of the molecule is COCCN1CC(C(=O)Nc2nnc(C34CC5CC(CC(C5)C3)C4)s2)CC1=O. The molecule has 2 amide bonds. The summed E-state index contributed by atoms with van der Waals surface area (Å²) < 4.78 is 5.04. The minimum absolute atomic E-state index is 0.0173. The van der Waals surface area contributed by atoms with E-state index in [0.29, 0.717) is 24.8 Å². The summed E-state index contributed by atoms with van der Waals surface area (Å²) in [6, 6.07) is 0. The molecule has 0 aromatic carbocycles. The van der Waals surface area contributed by atoms with E-state index in [2.05, 4.69) is 15.5 Å². The highest BCUT2D eigenvalue weighted by atomic mass is 32.1. The topological polar surface area (TPSA) is 84.4 Å². The van der Waals surface area contributed by atoms with Crippen molar-refractivity contribution in [1.29, 1.82) is 0 Å². The van der Waals surface area contributed by atoms with Gasteiger partial charge in [-0.25, -0.2) is 0 Å². The van der Waals surface area contributed by atoms with Gasteiger partial charge in [0.2, 0.25) is 16.9 Å². The number of ether oxygens (including phenoxy) is 1. The molecule has 1 N–H and O–H groups in total. The number of amides is 2. The molecule has 4 aliphatic carbocycles. The zero-order valence-corrected chi connectivity index (χ0v) is 17.2. The summed E-state index contributed by atoms with van der Waals surface area (Å²) in [6.45, 7) is 1.48. The van der Waals surface area contributed by atoms with E-state index in [9.17, 15) is 9.59 Å². The van der Waals surface area contributed by atoms with Crippen molar-refractivity contribution in [3.05, 3.63) is 5.01 Å². The van der Waals surface area contributed by atoms with E-state index in [4.69, 9.17) is 4.74 Å². The van der Waals surface area contributed by atoms with E-state index in [0.717, 1.165) is 22.8 Å². The lowest BCUT2D eigenvalue weighted by Crippen LogP contribution is -2.48. The number of carbonyl (C=O) groups is 2. The Morgan fingerprint density at radius 1 is 1.21 bits per heavy atom. The third-order valence-corrected chi connectivity index (χ3v) is 8.38. The Bertz CT molecular complexity index is 744. The summed E-state index contributed by atoms with van der Waals surface area (Å²) in [5.41, 5.74) is 0.204. The van der Waals surface area contributed by atoms with Crippen LogP contribution >= 0.6 is 11.3 Å². The number of carbonyl (C=O) groups excluding carboxylic acids is 2. The van der Waals surface area contributed by atoms with Gasteiger partial charge in [0.05, 0.1) is 12.5 Å². The molecule has 5 fully saturated rings. The summed E-state index contributed by atoms with van der Waals surface area (Å²) in [4.78, 5) is 26.4. The second kappa shape index (κ2) is 7.06. The molecule has 5 aliphatic rings. The fourth-order valence-electron chi connectivity index (χ4n) is 6.43. The van der Waals surface area contributed by atoms with Crippen LogP contribution in [0.3, 0.4) is 0 Å². The highest BCUT2D eigenvalue weighted by Gasteiger charge is 2.53. The van der Waals surface area contributed by atoms with Crippen molar-refractivity contribution in [3.63, 3.8) is 0 Å². The molecule has 8 heteroatoms. The fourth-order valence-corrected chi connectivity index (χ4v) is 7.40. The van der Waals surface area contributed by atoms with E-state index in [1.165, 1.54) is 38.5 Å². The Kier molecular flexibility index (Phi) is 4.66. The maximum Gasteiger partial charge on any atom is 0.231 e. The Morgan fingerprint density at radius 2 is 1.89 bits per heavy atom. The van der Waals surface area contributed by atoms with Gasteiger partial charge in [-0.2, -0.15) is 0 Å². The Morgan fingerprint density at radius 3 is 2.54 bits per heavy atom. The molecule has 1 aliphatic heterocycles. The lowest BCUT2D eigenvalue weighted by Gasteiger charge is -2.55. The highest BCUT2D eigenvalue weighted by molar-refractivity contribution is 7.15. The molecule has 4 bridgehead atoms. The normalized spacial score (nSPS) is 36.3. The number of nitrogens with zero attached hydrogens (tertiary/aromatic N) is 3. The largest absolute Gasteiger partial charge is 0.383 e. The standard InChI is InChI=1S/C20H28N4O3S/c1-27-3-2-24-11-15(7-16(24)25)17(26)21-19-23-22-18(28-19)20-8-12-4-13(9-20)6-14(5-12)10-20/h12-15H,2-11H2,1H3,(H,21,23,26). The predicted molar refractivity (Wildman–Crippen MR) is 105 cm³/mol. The van der Waals surface area contributed by atoms with Gasteiger partial charge in [0.25, 0.3) is 0 Å². The first kappa shape index (κ1) is 18.5. The van der Waals surface area contributed by atoms with Crippen LogP contribution in [0.5, 0.6) is 0 Å². The minimum atomic E-state index is -0.323. The van der Waals surface area contributed by atoms with Gasteiger partial charge in [0, 0.05) is 32.0 Å². The van der Waals surface area contributed by atoms with Crippen LogP contribution in [0, 0.1) is 23.7 Å². The molecule has 1 aromatic heterocycles. The van der Waals surface area contributed by atoms with Crippen LogP contribution in [-0.2, 0) is 19.7 Å². The number of hydrogen-bond acceptors (Lipinski definition) is 6. The molecule has 0 spiro atoms. The molecule has 4 saturated carbocycles. The van der Waals surface area contributed by atoms with Crippen molar-refractivity contribution < 1.29 is 14.3 Å². The van der Waals surface area contributed by atoms with Crippen LogP contribution in [0.2, 0.25) is 0 Å². The van der Waals surface area contributed by atoms with Crippen molar-refractivity contribution >= 4 is 28.3 Å². The number of rotatable bonds is 6. The monoisotopic (exact) mass is 404 g/mol. The van der Waals surface area contributed by atoms with Gasteiger partial charge in [-0.05, 0) is 56.3 Å². The third kappa shape index (κ3) is 3.24. The average molecular weight is 405 g/mol. The second-order valence-electron chi connectivity index (χ2n) is 9.33. The maximum atomic E-state index is 12.7. The summed E-state index contributed by atoms with van der Waals surface area (Å²) in [5.74, 6) is 2.14. The number of anilines is 1. The van der Waals surface area contributed by atoms with Gasteiger partial charge < -0.3 is 15.0 Å². The minimum Gasteiger partial charge on any atom is -0.383 e. The molecular formula is C20H28N4O3S. The number of methoxy groups -OCH3 is 1. The number of likely N-dealkylation sites (tertiary alicyclic amines) is 1.